The molecule has 5 nitrogen and oxygen atoms in total. The van der Waals surface area contributed by atoms with Crippen molar-refractivity contribution in [2.24, 2.45) is 0 Å². The van der Waals surface area contributed by atoms with Crippen LogP contribution in [-0.2, 0) is 10.0 Å². The predicted octanol–water partition coefficient (Wildman–Crippen LogP) is 3.11. The molecular formula is C14H14INO4S. The van der Waals surface area contributed by atoms with Gasteiger partial charge in [0.05, 0.1) is 14.2 Å². The van der Waals surface area contributed by atoms with Gasteiger partial charge in [-0.05, 0) is 59.0 Å². The summed E-state index contributed by atoms with van der Waals surface area (Å²) in [6.07, 6.45) is 0. The van der Waals surface area contributed by atoms with Crippen LogP contribution in [0.15, 0.2) is 47.4 Å². The molecule has 21 heavy (non-hydrogen) atoms. The summed E-state index contributed by atoms with van der Waals surface area (Å²) in [7, 11) is -0.860. The maximum absolute atomic E-state index is 12.5. The molecule has 0 heterocycles. The Hall–Kier alpha value is -1.48. The molecule has 2 aromatic carbocycles. The smallest absolute Gasteiger partial charge is 0.265 e. The summed E-state index contributed by atoms with van der Waals surface area (Å²) in [6, 6.07) is 11.7. The lowest BCUT2D eigenvalue weighted by Gasteiger charge is -2.12. The topological polar surface area (TPSA) is 64.6 Å². The van der Waals surface area contributed by atoms with E-state index < -0.39 is 10.0 Å². The highest BCUT2D eigenvalue weighted by Gasteiger charge is 2.20. The zero-order valence-corrected chi connectivity index (χ0v) is 14.4. The SMILES string of the molecule is COc1ccc(OC)c(S(=O)(=O)Nc2ccc(I)cc2)c1. The van der Waals surface area contributed by atoms with Gasteiger partial charge in [0.1, 0.15) is 16.4 Å². The number of rotatable bonds is 5. The van der Waals surface area contributed by atoms with E-state index in [4.69, 9.17) is 9.47 Å². The Kier molecular flexibility index (Phi) is 4.94. The van der Waals surface area contributed by atoms with Gasteiger partial charge < -0.3 is 9.47 Å². The zero-order valence-electron chi connectivity index (χ0n) is 11.5. The number of halogens is 1. The monoisotopic (exact) mass is 419 g/mol. The van der Waals surface area contributed by atoms with Crippen molar-refractivity contribution < 1.29 is 17.9 Å². The molecule has 2 aromatic rings. The van der Waals surface area contributed by atoms with E-state index in [1.807, 2.05) is 12.1 Å². The third kappa shape index (κ3) is 3.79. The number of nitrogens with one attached hydrogen (secondary N) is 1. The van der Waals surface area contributed by atoms with Gasteiger partial charge in [-0.25, -0.2) is 8.42 Å². The van der Waals surface area contributed by atoms with Gasteiger partial charge in [0, 0.05) is 15.3 Å². The van der Waals surface area contributed by atoms with E-state index in [-0.39, 0.29) is 10.6 Å². The summed E-state index contributed by atoms with van der Waals surface area (Å²) in [5, 5.41) is 0. The lowest BCUT2D eigenvalue weighted by molar-refractivity contribution is 0.392. The Morgan fingerprint density at radius 2 is 1.67 bits per heavy atom. The minimum Gasteiger partial charge on any atom is -0.497 e. The summed E-state index contributed by atoms with van der Waals surface area (Å²) in [6.45, 7) is 0. The average molecular weight is 419 g/mol. The Bertz CT molecular complexity index is 729. The van der Waals surface area contributed by atoms with Crippen molar-refractivity contribution in [2.75, 3.05) is 18.9 Å². The van der Waals surface area contributed by atoms with Crippen LogP contribution in [0.2, 0.25) is 0 Å². The highest BCUT2D eigenvalue weighted by molar-refractivity contribution is 14.1. The van der Waals surface area contributed by atoms with Crippen LogP contribution >= 0.6 is 22.6 Å². The zero-order chi connectivity index (χ0) is 15.5. The number of hydrogen-bond acceptors (Lipinski definition) is 4. The summed E-state index contributed by atoms with van der Waals surface area (Å²) in [5.74, 6) is 0.701. The molecule has 0 amide bonds. The fourth-order valence-corrected chi connectivity index (χ4v) is 3.33. The molecule has 0 saturated carbocycles. The second kappa shape index (κ2) is 6.52. The second-order valence-corrected chi connectivity index (χ2v) is 7.03. The number of methoxy groups -OCH3 is 2. The van der Waals surface area contributed by atoms with E-state index in [0.29, 0.717) is 11.4 Å². The maximum Gasteiger partial charge on any atom is 0.265 e. The molecule has 0 bridgehead atoms. The van der Waals surface area contributed by atoms with Crippen LogP contribution < -0.4 is 14.2 Å². The minimum absolute atomic E-state index is 0.0305. The summed E-state index contributed by atoms with van der Waals surface area (Å²) >= 11 is 2.15. The van der Waals surface area contributed by atoms with Crippen LogP contribution in [0, 0.1) is 3.57 Å². The van der Waals surface area contributed by atoms with Crippen LogP contribution in [0.3, 0.4) is 0 Å². The van der Waals surface area contributed by atoms with Crippen molar-refractivity contribution in [2.45, 2.75) is 4.90 Å². The van der Waals surface area contributed by atoms with E-state index in [1.54, 1.807) is 24.3 Å². The molecule has 0 fully saturated rings. The van der Waals surface area contributed by atoms with Crippen molar-refractivity contribution in [1.82, 2.24) is 0 Å². The van der Waals surface area contributed by atoms with Crippen LogP contribution in [-0.4, -0.2) is 22.6 Å². The molecule has 0 spiro atoms. The molecule has 0 aliphatic heterocycles. The largest absolute Gasteiger partial charge is 0.497 e. The van der Waals surface area contributed by atoms with Gasteiger partial charge in [0.2, 0.25) is 0 Å². The Balaban J connectivity index is 2.41. The lowest BCUT2D eigenvalue weighted by atomic mass is 10.3. The Morgan fingerprint density at radius 1 is 1.00 bits per heavy atom. The van der Waals surface area contributed by atoms with Crippen molar-refractivity contribution in [1.29, 1.82) is 0 Å². The number of anilines is 1. The van der Waals surface area contributed by atoms with E-state index in [2.05, 4.69) is 27.3 Å². The van der Waals surface area contributed by atoms with Gasteiger partial charge in [-0.3, -0.25) is 4.72 Å². The molecule has 112 valence electrons. The lowest BCUT2D eigenvalue weighted by Crippen LogP contribution is -2.14. The average Bonchev–Trinajstić information content (AvgIpc) is 2.48. The summed E-state index contributed by atoms with van der Waals surface area (Å²) in [5.41, 5.74) is 0.486. The molecule has 0 radical (unpaired) electrons. The second-order valence-electron chi connectivity index (χ2n) is 4.13. The maximum atomic E-state index is 12.5. The van der Waals surface area contributed by atoms with E-state index >= 15 is 0 Å². The number of benzene rings is 2. The van der Waals surface area contributed by atoms with Crippen LogP contribution in [0.25, 0.3) is 0 Å². The highest BCUT2D eigenvalue weighted by Crippen LogP contribution is 2.29. The normalized spacial score (nSPS) is 11.0. The molecule has 0 aromatic heterocycles. The van der Waals surface area contributed by atoms with Gasteiger partial charge in [0.15, 0.2) is 0 Å². The number of ether oxygens (including phenoxy) is 2. The first-order valence-corrected chi connectivity index (χ1v) is 8.53. The fourth-order valence-electron chi connectivity index (χ4n) is 1.72. The van der Waals surface area contributed by atoms with Crippen LogP contribution in [0.4, 0.5) is 5.69 Å². The Morgan fingerprint density at radius 3 is 2.24 bits per heavy atom. The molecular weight excluding hydrogens is 405 g/mol. The molecule has 0 aliphatic carbocycles. The van der Waals surface area contributed by atoms with Crippen LogP contribution in [0.5, 0.6) is 11.5 Å². The predicted molar refractivity (Wildman–Crippen MR) is 89.5 cm³/mol. The highest BCUT2D eigenvalue weighted by atomic mass is 127. The summed E-state index contributed by atoms with van der Waals surface area (Å²) < 4.78 is 38.7. The number of sulfonamides is 1. The van der Waals surface area contributed by atoms with Crippen molar-refractivity contribution in [3.63, 3.8) is 0 Å². The Labute approximate surface area is 137 Å². The van der Waals surface area contributed by atoms with E-state index in [0.717, 1.165) is 3.57 Å². The van der Waals surface area contributed by atoms with Gasteiger partial charge in [-0.15, -0.1) is 0 Å². The first kappa shape index (κ1) is 15.9. The van der Waals surface area contributed by atoms with E-state index in [9.17, 15) is 8.42 Å². The van der Waals surface area contributed by atoms with E-state index in [1.165, 1.54) is 20.3 Å². The molecule has 0 saturated heterocycles. The molecule has 7 heteroatoms. The minimum atomic E-state index is -3.76. The van der Waals surface area contributed by atoms with Crippen molar-refractivity contribution in [3.05, 3.63) is 46.0 Å². The first-order chi connectivity index (χ1) is 9.96. The van der Waals surface area contributed by atoms with Crippen molar-refractivity contribution in [3.8, 4) is 11.5 Å². The van der Waals surface area contributed by atoms with Gasteiger partial charge >= 0.3 is 0 Å². The summed E-state index contributed by atoms with van der Waals surface area (Å²) in [4.78, 5) is 0.0305. The van der Waals surface area contributed by atoms with Gasteiger partial charge in [0.25, 0.3) is 10.0 Å². The first-order valence-electron chi connectivity index (χ1n) is 5.96. The van der Waals surface area contributed by atoms with Crippen molar-refractivity contribution >= 4 is 38.3 Å². The molecule has 2 rings (SSSR count). The molecule has 0 unspecified atom stereocenters. The third-order valence-electron chi connectivity index (χ3n) is 2.76. The quantitative estimate of drug-likeness (QED) is 0.757. The van der Waals surface area contributed by atoms with Gasteiger partial charge in [-0.1, -0.05) is 0 Å². The molecule has 0 aliphatic rings. The molecule has 1 N–H and O–H groups in total. The van der Waals surface area contributed by atoms with Crippen LogP contribution in [0.1, 0.15) is 0 Å². The fraction of sp³-hybridized carbons (Fsp3) is 0.143. The third-order valence-corrected chi connectivity index (χ3v) is 4.88. The molecule has 0 atom stereocenters. The standard InChI is InChI=1S/C14H14INO4S/c1-19-12-7-8-13(20-2)14(9-12)21(17,18)16-11-5-3-10(15)4-6-11/h3-9,16H,1-2H3. The van der Waals surface area contributed by atoms with Gasteiger partial charge in [-0.2, -0.15) is 0 Å². The number of hydrogen-bond donors (Lipinski definition) is 1.